The highest BCUT2D eigenvalue weighted by molar-refractivity contribution is 5.88. The van der Waals surface area contributed by atoms with Gasteiger partial charge in [0.15, 0.2) is 0 Å². The van der Waals surface area contributed by atoms with Gasteiger partial charge in [-0.3, -0.25) is 4.98 Å². The van der Waals surface area contributed by atoms with Crippen LogP contribution in [-0.2, 0) is 0 Å². The third-order valence-electron chi connectivity index (χ3n) is 2.25. The van der Waals surface area contributed by atoms with Crippen molar-refractivity contribution >= 4 is 5.97 Å². The van der Waals surface area contributed by atoms with E-state index < -0.39 is 11.8 Å². The van der Waals surface area contributed by atoms with Crippen molar-refractivity contribution in [2.45, 2.75) is 0 Å². The number of aromatic nitrogens is 1. The van der Waals surface area contributed by atoms with Gasteiger partial charge in [-0.15, -0.1) is 0 Å². The number of pyridine rings is 1. The van der Waals surface area contributed by atoms with Crippen molar-refractivity contribution in [3.05, 3.63) is 48.0 Å². The van der Waals surface area contributed by atoms with Crippen LogP contribution in [-0.4, -0.2) is 21.2 Å². The van der Waals surface area contributed by atoms with Crippen molar-refractivity contribution in [3.8, 4) is 16.9 Å². The number of carboxylic acids is 1. The SMILES string of the molecule is O=C(O)c1cncc(-c2ccc(O)cc2F)c1. The Bertz CT molecular complexity index is 584. The van der Waals surface area contributed by atoms with E-state index in [9.17, 15) is 9.18 Å². The molecule has 0 aliphatic heterocycles. The lowest BCUT2D eigenvalue weighted by Gasteiger charge is -2.04. The summed E-state index contributed by atoms with van der Waals surface area (Å²) in [4.78, 5) is 14.5. The summed E-state index contributed by atoms with van der Waals surface area (Å²) >= 11 is 0. The molecular formula is C12H8FNO3. The molecule has 4 nitrogen and oxygen atoms in total. The number of aromatic carboxylic acids is 1. The maximum atomic E-state index is 13.5. The lowest BCUT2D eigenvalue weighted by atomic mass is 10.1. The van der Waals surface area contributed by atoms with E-state index >= 15 is 0 Å². The van der Waals surface area contributed by atoms with Gasteiger partial charge in [0.2, 0.25) is 0 Å². The quantitative estimate of drug-likeness (QED) is 0.834. The zero-order valence-electron chi connectivity index (χ0n) is 8.59. The first-order chi connectivity index (χ1) is 8.08. The van der Waals surface area contributed by atoms with Crippen LogP contribution in [0.1, 0.15) is 10.4 Å². The number of aromatic hydroxyl groups is 1. The van der Waals surface area contributed by atoms with Crippen LogP contribution >= 0.6 is 0 Å². The van der Waals surface area contributed by atoms with E-state index in [0.29, 0.717) is 5.56 Å². The van der Waals surface area contributed by atoms with Crippen LogP contribution < -0.4 is 0 Å². The number of rotatable bonds is 2. The number of phenols is 1. The largest absolute Gasteiger partial charge is 0.508 e. The number of phenolic OH excluding ortho intramolecular Hbond substituents is 1. The normalized spacial score (nSPS) is 10.2. The topological polar surface area (TPSA) is 70.4 Å². The Balaban J connectivity index is 2.53. The summed E-state index contributed by atoms with van der Waals surface area (Å²) in [6.45, 7) is 0. The molecule has 17 heavy (non-hydrogen) atoms. The van der Waals surface area contributed by atoms with Crippen molar-refractivity contribution in [2.75, 3.05) is 0 Å². The van der Waals surface area contributed by atoms with Crippen LogP contribution in [0.2, 0.25) is 0 Å². The average Bonchev–Trinajstić information content (AvgIpc) is 2.29. The highest BCUT2D eigenvalue weighted by Crippen LogP contribution is 2.25. The highest BCUT2D eigenvalue weighted by Gasteiger charge is 2.09. The van der Waals surface area contributed by atoms with E-state index in [1.165, 1.54) is 30.6 Å². The number of carbonyl (C=O) groups is 1. The minimum Gasteiger partial charge on any atom is -0.508 e. The fourth-order valence-electron chi connectivity index (χ4n) is 1.44. The van der Waals surface area contributed by atoms with Gasteiger partial charge in [0.05, 0.1) is 5.56 Å². The second-order valence-electron chi connectivity index (χ2n) is 3.43. The molecule has 1 aromatic heterocycles. The molecule has 2 aromatic rings. The van der Waals surface area contributed by atoms with Gasteiger partial charge in [0, 0.05) is 29.6 Å². The summed E-state index contributed by atoms with van der Waals surface area (Å²) in [6.07, 6.45) is 2.55. The second kappa shape index (κ2) is 4.21. The summed E-state index contributed by atoms with van der Waals surface area (Å²) in [5.74, 6) is -1.94. The Morgan fingerprint density at radius 3 is 2.65 bits per heavy atom. The Labute approximate surface area is 96.0 Å². The standard InChI is InChI=1S/C12H8FNO3/c13-11-4-9(15)1-2-10(11)7-3-8(12(16)17)6-14-5-7/h1-6,15H,(H,16,17). The minimum absolute atomic E-state index is 0.0185. The molecule has 1 heterocycles. The zero-order valence-corrected chi connectivity index (χ0v) is 8.59. The third-order valence-corrected chi connectivity index (χ3v) is 2.25. The Kier molecular flexibility index (Phi) is 2.74. The first-order valence-electron chi connectivity index (χ1n) is 4.75. The van der Waals surface area contributed by atoms with Gasteiger partial charge in [-0.1, -0.05) is 0 Å². The van der Waals surface area contributed by atoms with Crippen LogP contribution in [0.25, 0.3) is 11.1 Å². The summed E-state index contributed by atoms with van der Waals surface area (Å²) < 4.78 is 13.5. The van der Waals surface area contributed by atoms with E-state index in [-0.39, 0.29) is 16.9 Å². The predicted molar refractivity (Wildman–Crippen MR) is 58.3 cm³/mol. The van der Waals surface area contributed by atoms with Gasteiger partial charge in [0.1, 0.15) is 11.6 Å². The fourth-order valence-corrected chi connectivity index (χ4v) is 1.44. The molecule has 5 heteroatoms. The van der Waals surface area contributed by atoms with Gasteiger partial charge in [-0.2, -0.15) is 0 Å². The van der Waals surface area contributed by atoms with Crippen molar-refractivity contribution in [2.24, 2.45) is 0 Å². The number of hydrogen-bond donors (Lipinski definition) is 2. The molecule has 1 aromatic carbocycles. The smallest absolute Gasteiger partial charge is 0.337 e. The highest BCUT2D eigenvalue weighted by atomic mass is 19.1. The van der Waals surface area contributed by atoms with Gasteiger partial charge in [-0.25, -0.2) is 9.18 Å². The summed E-state index contributed by atoms with van der Waals surface area (Å²) in [5, 5.41) is 17.9. The lowest BCUT2D eigenvalue weighted by molar-refractivity contribution is 0.0696. The molecule has 0 fully saturated rings. The first kappa shape index (κ1) is 11.1. The van der Waals surface area contributed by atoms with Crippen LogP contribution in [0.15, 0.2) is 36.7 Å². The van der Waals surface area contributed by atoms with Gasteiger partial charge < -0.3 is 10.2 Å². The van der Waals surface area contributed by atoms with Crippen molar-refractivity contribution < 1.29 is 19.4 Å². The molecular weight excluding hydrogens is 225 g/mol. The lowest BCUT2D eigenvalue weighted by Crippen LogP contribution is -1.97. The van der Waals surface area contributed by atoms with E-state index in [4.69, 9.17) is 10.2 Å². The molecule has 0 bridgehead atoms. The van der Waals surface area contributed by atoms with Crippen LogP contribution in [0.3, 0.4) is 0 Å². The van der Waals surface area contributed by atoms with Crippen LogP contribution in [0.4, 0.5) is 4.39 Å². The van der Waals surface area contributed by atoms with E-state index in [1.807, 2.05) is 0 Å². The zero-order chi connectivity index (χ0) is 12.4. The van der Waals surface area contributed by atoms with Crippen molar-refractivity contribution in [1.29, 1.82) is 0 Å². The Hall–Kier alpha value is -2.43. The molecule has 0 aliphatic rings. The number of halogens is 1. The molecule has 0 saturated heterocycles. The Morgan fingerprint density at radius 1 is 1.24 bits per heavy atom. The van der Waals surface area contributed by atoms with E-state index in [2.05, 4.69) is 4.98 Å². The molecule has 0 spiro atoms. The molecule has 2 N–H and O–H groups in total. The molecule has 0 radical (unpaired) electrons. The molecule has 0 unspecified atom stereocenters. The number of hydrogen-bond acceptors (Lipinski definition) is 3. The van der Waals surface area contributed by atoms with Gasteiger partial charge in [0.25, 0.3) is 0 Å². The number of nitrogens with zero attached hydrogens (tertiary/aromatic N) is 1. The van der Waals surface area contributed by atoms with E-state index in [0.717, 1.165) is 6.07 Å². The van der Waals surface area contributed by atoms with Crippen molar-refractivity contribution in [1.82, 2.24) is 4.98 Å². The molecule has 0 amide bonds. The summed E-state index contributed by atoms with van der Waals surface area (Å²) in [7, 11) is 0. The number of carboxylic acid groups (broad SMARTS) is 1. The molecule has 0 saturated carbocycles. The van der Waals surface area contributed by atoms with Crippen LogP contribution in [0.5, 0.6) is 5.75 Å². The minimum atomic E-state index is -1.13. The maximum absolute atomic E-state index is 13.5. The van der Waals surface area contributed by atoms with E-state index in [1.54, 1.807) is 0 Å². The molecule has 0 aliphatic carbocycles. The Morgan fingerprint density at radius 2 is 2.00 bits per heavy atom. The molecule has 86 valence electrons. The van der Waals surface area contributed by atoms with Gasteiger partial charge >= 0.3 is 5.97 Å². The second-order valence-corrected chi connectivity index (χ2v) is 3.43. The fraction of sp³-hybridized carbons (Fsp3) is 0. The van der Waals surface area contributed by atoms with Gasteiger partial charge in [-0.05, 0) is 18.2 Å². The molecule has 0 atom stereocenters. The average molecular weight is 233 g/mol. The first-order valence-corrected chi connectivity index (χ1v) is 4.75. The van der Waals surface area contributed by atoms with Crippen LogP contribution in [0, 0.1) is 5.82 Å². The predicted octanol–water partition coefficient (Wildman–Crippen LogP) is 2.29. The number of benzene rings is 1. The molecule has 2 rings (SSSR count). The summed E-state index contributed by atoms with van der Waals surface area (Å²) in [5.41, 5.74) is 0.524. The monoisotopic (exact) mass is 233 g/mol. The third kappa shape index (κ3) is 2.23. The summed E-state index contributed by atoms with van der Waals surface area (Å²) in [6, 6.07) is 4.98. The maximum Gasteiger partial charge on any atom is 0.337 e. The van der Waals surface area contributed by atoms with Crippen molar-refractivity contribution in [3.63, 3.8) is 0 Å².